The highest BCUT2D eigenvalue weighted by atomic mass is 32.1. The van der Waals surface area contributed by atoms with E-state index in [9.17, 15) is 5.11 Å². The van der Waals surface area contributed by atoms with Gasteiger partial charge in [0.15, 0.2) is 17.5 Å². The van der Waals surface area contributed by atoms with Gasteiger partial charge >= 0.3 is 0 Å². The number of aromatic hydroxyl groups is 1. The number of aromatic nitrogens is 3. The Morgan fingerprint density at radius 3 is 2.28 bits per heavy atom. The van der Waals surface area contributed by atoms with E-state index < -0.39 is 0 Å². The molecule has 1 fully saturated rings. The molecule has 0 saturated carbocycles. The molecular weight excluding hydrogens is 394 g/mol. The SMILES string of the molecule is COc1cc([C@@H](c2sc3ncnn3c2O)[NH+]2CC[NH+](C)CC2)cc(OC)c1OC. The minimum Gasteiger partial charge on any atom is -0.493 e. The number of hydrogen-bond donors (Lipinski definition) is 3. The second-order valence-electron chi connectivity index (χ2n) is 7.25. The van der Waals surface area contributed by atoms with E-state index >= 15 is 0 Å². The minimum absolute atomic E-state index is 0.0923. The molecule has 1 aromatic carbocycles. The first kappa shape index (κ1) is 19.7. The molecule has 1 aliphatic rings. The van der Waals surface area contributed by atoms with Crippen LogP contribution in [0.1, 0.15) is 16.5 Å². The first-order chi connectivity index (χ1) is 14.1. The Morgan fingerprint density at radius 2 is 1.72 bits per heavy atom. The molecule has 9 nitrogen and oxygen atoms in total. The summed E-state index contributed by atoms with van der Waals surface area (Å²) in [5.74, 6) is 1.90. The Hall–Kier alpha value is -2.56. The molecule has 1 aliphatic heterocycles. The molecule has 3 aromatic rings. The van der Waals surface area contributed by atoms with Crippen molar-refractivity contribution >= 4 is 16.3 Å². The van der Waals surface area contributed by atoms with E-state index in [1.807, 2.05) is 12.1 Å². The Balaban J connectivity index is 1.86. The molecule has 1 saturated heterocycles. The summed E-state index contributed by atoms with van der Waals surface area (Å²) in [7, 11) is 7.04. The number of piperazine rings is 1. The van der Waals surface area contributed by atoms with E-state index in [0.29, 0.717) is 22.2 Å². The summed E-state index contributed by atoms with van der Waals surface area (Å²) in [5, 5.41) is 15.1. The lowest BCUT2D eigenvalue weighted by atomic mass is 10.0. The average Bonchev–Trinajstić information content (AvgIpc) is 3.32. The topological polar surface area (TPSA) is 87.0 Å². The number of ether oxygens (including phenoxy) is 3. The summed E-state index contributed by atoms with van der Waals surface area (Å²) in [4.78, 5) is 8.67. The normalized spacial score (nSPS) is 20.6. The van der Waals surface area contributed by atoms with Crippen LogP contribution in [0.15, 0.2) is 18.5 Å². The molecule has 0 amide bonds. The molecule has 4 rings (SSSR count). The van der Waals surface area contributed by atoms with Gasteiger partial charge in [-0.2, -0.15) is 9.61 Å². The van der Waals surface area contributed by atoms with Crippen LogP contribution in [0.25, 0.3) is 4.96 Å². The summed E-state index contributed by atoms with van der Waals surface area (Å²) in [5.41, 5.74) is 0.994. The van der Waals surface area contributed by atoms with Gasteiger partial charge in [0.25, 0.3) is 0 Å². The Bertz CT molecular complexity index is 971. The average molecular weight is 422 g/mol. The third kappa shape index (κ3) is 3.47. The van der Waals surface area contributed by atoms with Gasteiger partial charge in [0, 0.05) is 5.56 Å². The van der Waals surface area contributed by atoms with E-state index in [1.54, 1.807) is 21.3 Å². The van der Waals surface area contributed by atoms with E-state index in [2.05, 4.69) is 17.1 Å². The van der Waals surface area contributed by atoms with Gasteiger partial charge in [-0.1, -0.05) is 11.3 Å². The molecule has 29 heavy (non-hydrogen) atoms. The van der Waals surface area contributed by atoms with Crippen LogP contribution in [0.2, 0.25) is 0 Å². The quantitative estimate of drug-likeness (QED) is 0.475. The lowest BCUT2D eigenvalue weighted by Gasteiger charge is -2.33. The highest BCUT2D eigenvalue weighted by molar-refractivity contribution is 7.17. The van der Waals surface area contributed by atoms with Gasteiger partial charge in [0.1, 0.15) is 37.4 Å². The molecule has 0 unspecified atom stereocenters. The summed E-state index contributed by atoms with van der Waals surface area (Å²) in [6.07, 6.45) is 1.45. The number of likely N-dealkylation sites (N-methyl/N-ethyl adjacent to an activating group) is 1. The molecule has 3 heterocycles. The van der Waals surface area contributed by atoms with Crippen molar-refractivity contribution in [2.45, 2.75) is 6.04 Å². The smallest absolute Gasteiger partial charge is 0.235 e. The highest BCUT2D eigenvalue weighted by Crippen LogP contribution is 2.42. The molecule has 3 N–H and O–H groups in total. The van der Waals surface area contributed by atoms with Gasteiger partial charge in [0.05, 0.1) is 28.4 Å². The van der Waals surface area contributed by atoms with E-state index in [-0.39, 0.29) is 11.9 Å². The van der Waals surface area contributed by atoms with Gasteiger partial charge in [-0.3, -0.25) is 0 Å². The van der Waals surface area contributed by atoms with Crippen molar-refractivity contribution in [1.82, 2.24) is 14.6 Å². The standard InChI is InChI=1S/C19H25N5O4S/c1-22-5-7-23(8-6-22)15(17-18(25)24-19(29-17)20-11-21-24)12-9-13(26-2)16(28-4)14(10-12)27-3/h9-11,15,25H,5-8H2,1-4H3/p+2/t15-/m0/s1. The summed E-state index contributed by atoms with van der Waals surface area (Å²) in [6.45, 7) is 4.11. The zero-order valence-corrected chi connectivity index (χ0v) is 17.9. The number of thiazole rings is 1. The number of rotatable bonds is 6. The molecule has 2 aromatic heterocycles. The van der Waals surface area contributed by atoms with Crippen LogP contribution in [-0.4, -0.2) is 74.3 Å². The molecule has 0 spiro atoms. The first-order valence-corrected chi connectivity index (χ1v) is 10.4. The zero-order chi connectivity index (χ0) is 20.5. The molecule has 0 radical (unpaired) electrons. The Labute approximate surface area is 173 Å². The van der Waals surface area contributed by atoms with Gasteiger partial charge in [-0.05, 0) is 12.1 Å². The number of fused-ring (bicyclic) bond motifs is 1. The summed E-state index contributed by atoms with van der Waals surface area (Å²) < 4.78 is 18.1. The number of methoxy groups -OCH3 is 3. The van der Waals surface area contributed by atoms with E-state index in [1.165, 1.54) is 32.0 Å². The van der Waals surface area contributed by atoms with Crippen LogP contribution in [0.4, 0.5) is 0 Å². The second kappa shape index (κ2) is 8.05. The van der Waals surface area contributed by atoms with Crippen molar-refractivity contribution in [2.24, 2.45) is 0 Å². The van der Waals surface area contributed by atoms with Crippen molar-refractivity contribution < 1.29 is 29.1 Å². The maximum absolute atomic E-state index is 10.9. The van der Waals surface area contributed by atoms with E-state index in [4.69, 9.17) is 14.2 Å². The monoisotopic (exact) mass is 421 g/mol. The molecule has 156 valence electrons. The van der Waals surface area contributed by atoms with Crippen molar-refractivity contribution in [2.75, 3.05) is 54.6 Å². The maximum atomic E-state index is 10.9. The van der Waals surface area contributed by atoms with Gasteiger partial charge in [0.2, 0.25) is 16.6 Å². The van der Waals surface area contributed by atoms with Gasteiger partial charge in [-0.25, -0.2) is 4.98 Å². The molecule has 0 aliphatic carbocycles. The minimum atomic E-state index is -0.0923. The van der Waals surface area contributed by atoms with Crippen LogP contribution in [0, 0.1) is 0 Å². The predicted molar refractivity (Wildman–Crippen MR) is 108 cm³/mol. The fourth-order valence-corrected chi connectivity index (χ4v) is 5.12. The van der Waals surface area contributed by atoms with Gasteiger partial charge in [-0.15, -0.1) is 0 Å². The van der Waals surface area contributed by atoms with Crippen LogP contribution in [-0.2, 0) is 0 Å². The third-order valence-electron chi connectivity index (χ3n) is 5.58. The fraction of sp³-hybridized carbons (Fsp3) is 0.474. The van der Waals surface area contributed by atoms with Crippen LogP contribution >= 0.6 is 11.3 Å². The number of quaternary nitrogens is 2. The van der Waals surface area contributed by atoms with Crippen LogP contribution in [0.5, 0.6) is 23.1 Å². The third-order valence-corrected chi connectivity index (χ3v) is 6.67. The maximum Gasteiger partial charge on any atom is 0.235 e. The highest BCUT2D eigenvalue weighted by Gasteiger charge is 2.36. The lowest BCUT2D eigenvalue weighted by molar-refractivity contribution is -1.02. The number of nitrogens with one attached hydrogen (secondary N) is 2. The van der Waals surface area contributed by atoms with Crippen LogP contribution < -0.4 is 24.0 Å². The summed E-state index contributed by atoms with van der Waals surface area (Å²) in [6, 6.07) is 3.85. The zero-order valence-electron chi connectivity index (χ0n) is 17.1. The molecule has 0 bridgehead atoms. The van der Waals surface area contributed by atoms with Crippen LogP contribution in [0.3, 0.4) is 0 Å². The first-order valence-electron chi connectivity index (χ1n) is 9.54. The predicted octanol–water partition coefficient (Wildman–Crippen LogP) is -0.975. The molecule has 10 heteroatoms. The Morgan fingerprint density at radius 1 is 1.07 bits per heavy atom. The fourth-order valence-electron chi connectivity index (χ4n) is 4.01. The lowest BCUT2D eigenvalue weighted by Crippen LogP contribution is -3.27. The largest absolute Gasteiger partial charge is 0.493 e. The van der Waals surface area contributed by atoms with Crippen molar-refractivity contribution in [3.63, 3.8) is 0 Å². The molecular formula is C19H27N5O4S+2. The molecule has 1 atom stereocenters. The Kier molecular flexibility index (Phi) is 5.48. The van der Waals surface area contributed by atoms with Crippen molar-refractivity contribution in [3.8, 4) is 23.1 Å². The van der Waals surface area contributed by atoms with Crippen molar-refractivity contribution in [1.29, 1.82) is 0 Å². The number of hydrogen-bond acceptors (Lipinski definition) is 7. The number of benzene rings is 1. The summed E-state index contributed by atoms with van der Waals surface area (Å²) >= 11 is 1.46. The van der Waals surface area contributed by atoms with Crippen molar-refractivity contribution in [3.05, 3.63) is 28.9 Å². The van der Waals surface area contributed by atoms with Gasteiger partial charge < -0.3 is 29.1 Å². The second-order valence-corrected chi connectivity index (χ2v) is 8.26. The number of nitrogens with zero attached hydrogens (tertiary/aromatic N) is 3. The van der Waals surface area contributed by atoms with E-state index in [0.717, 1.165) is 36.6 Å².